The molecule has 0 saturated carbocycles. The molecule has 0 saturated heterocycles. The lowest BCUT2D eigenvalue weighted by molar-refractivity contribution is 0.262. The van der Waals surface area contributed by atoms with Gasteiger partial charge in [0.2, 0.25) is 21.9 Å². The van der Waals surface area contributed by atoms with Gasteiger partial charge in [0.1, 0.15) is 5.75 Å². The molecule has 3 aromatic carbocycles. The lowest BCUT2D eigenvalue weighted by Crippen LogP contribution is -2.22. The van der Waals surface area contributed by atoms with Gasteiger partial charge < -0.3 is 25.4 Å². The van der Waals surface area contributed by atoms with Crippen molar-refractivity contribution in [2.45, 2.75) is 39.5 Å². The fraction of sp³-hybridized carbons (Fsp3) is 0.300. The number of urea groups is 1. The zero-order valence-corrected chi connectivity index (χ0v) is 25.3. The van der Waals surface area contributed by atoms with Crippen LogP contribution in [-0.4, -0.2) is 44.3 Å². The van der Waals surface area contributed by atoms with Gasteiger partial charge in [-0.3, -0.25) is 4.72 Å². The summed E-state index contributed by atoms with van der Waals surface area (Å²) in [4.78, 5) is 21.9. The summed E-state index contributed by atoms with van der Waals surface area (Å²) in [7, 11) is -2.19. The van der Waals surface area contributed by atoms with E-state index in [9.17, 15) is 13.2 Å². The molecule has 0 spiro atoms. The summed E-state index contributed by atoms with van der Waals surface area (Å²) in [6, 6.07) is 15.6. The zero-order valence-electron chi connectivity index (χ0n) is 24.5. The van der Waals surface area contributed by atoms with E-state index in [0.717, 1.165) is 35.6 Å². The molecule has 1 aromatic heterocycles. The van der Waals surface area contributed by atoms with Gasteiger partial charge in [-0.15, -0.1) is 0 Å². The number of rotatable bonds is 10. The van der Waals surface area contributed by atoms with Gasteiger partial charge in [-0.25, -0.2) is 18.2 Å². The van der Waals surface area contributed by atoms with E-state index in [2.05, 4.69) is 37.6 Å². The molecule has 0 fully saturated rings. The number of benzene rings is 3. The summed E-state index contributed by atoms with van der Waals surface area (Å²) in [5, 5.41) is 10.4. The van der Waals surface area contributed by atoms with E-state index in [4.69, 9.17) is 9.47 Å². The van der Waals surface area contributed by atoms with Crippen molar-refractivity contribution in [2.75, 3.05) is 40.6 Å². The Hall–Kier alpha value is -4.58. The molecule has 0 unspecified atom stereocenters. The molecular formula is C30H36N6O5S. The van der Waals surface area contributed by atoms with E-state index in [1.165, 1.54) is 7.11 Å². The number of hydrogen-bond donors (Lipinski definition) is 4. The van der Waals surface area contributed by atoms with E-state index in [1.807, 2.05) is 45.0 Å². The first-order chi connectivity index (χ1) is 19.9. The van der Waals surface area contributed by atoms with Crippen LogP contribution in [0.1, 0.15) is 39.7 Å². The second-order valence-electron chi connectivity index (χ2n) is 10.7. The second kappa shape index (κ2) is 12.5. The van der Waals surface area contributed by atoms with Gasteiger partial charge in [0, 0.05) is 29.6 Å². The molecule has 11 nitrogen and oxygen atoms in total. The molecule has 12 heteroatoms. The quantitative estimate of drug-likeness (QED) is 0.162. The standard InChI is InChI=1S/C30H36N6O5S/c1-7-15-31-28-32-16-14-26(35-28)41-25-13-12-22(20-10-8-9-11-21(20)25)33-29(37)34-23-17-19(30(2,3)4)18-24(27(23)40-5)36-42(6,38)39/h8-14,16-18,36H,7,15H2,1-6H3,(H,31,32,35)(H2,33,34,37). The zero-order chi connectivity index (χ0) is 30.5. The lowest BCUT2D eigenvalue weighted by Gasteiger charge is -2.24. The average Bonchev–Trinajstić information content (AvgIpc) is 2.92. The molecule has 4 rings (SSSR count). The topological polar surface area (TPSA) is 144 Å². The van der Waals surface area contributed by atoms with Gasteiger partial charge in [0.15, 0.2) is 5.75 Å². The van der Waals surface area contributed by atoms with Crippen molar-refractivity contribution in [2.24, 2.45) is 0 Å². The number of nitrogens with one attached hydrogen (secondary N) is 4. The number of carbonyl (C=O) groups excluding carboxylic acids is 1. The SMILES string of the molecule is CCCNc1nccc(Oc2ccc(NC(=O)Nc3cc(C(C)(C)C)cc(NS(C)(=O)=O)c3OC)c3ccccc23)n1. The fourth-order valence-corrected chi connectivity index (χ4v) is 4.78. The third-order valence-corrected chi connectivity index (χ3v) is 6.80. The van der Waals surface area contributed by atoms with E-state index >= 15 is 0 Å². The number of aromatic nitrogens is 2. The van der Waals surface area contributed by atoms with Crippen LogP contribution in [0.3, 0.4) is 0 Å². The van der Waals surface area contributed by atoms with E-state index < -0.39 is 16.1 Å². The van der Waals surface area contributed by atoms with Gasteiger partial charge in [0.25, 0.3) is 0 Å². The third-order valence-electron chi connectivity index (χ3n) is 6.21. The Bertz CT molecular complexity index is 1700. The normalized spacial score (nSPS) is 11.6. The highest BCUT2D eigenvalue weighted by Crippen LogP contribution is 2.39. The molecule has 0 bridgehead atoms. The summed E-state index contributed by atoms with van der Waals surface area (Å²) in [6.45, 7) is 8.77. The van der Waals surface area contributed by atoms with Crippen LogP contribution in [0.15, 0.2) is 60.8 Å². The molecule has 4 aromatic rings. The minimum absolute atomic E-state index is 0.190. The molecule has 42 heavy (non-hydrogen) atoms. The van der Waals surface area contributed by atoms with E-state index in [1.54, 1.807) is 36.5 Å². The van der Waals surface area contributed by atoms with Crippen molar-refractivity contribution in [1.82, 2.24) is 9.97 Å². The first-order valence-electron chi connectivity index (χ1n) is 13.4. The van der Waals surface area contributed by atoms with Crippen LogP contribution in [-0.2, 0) is 15.4 Å². The van der Waals surface area contributed by atoms with Crippen molar-refractivity contribution < 1.29 is 22.7 Å². The number of carbonyl (C=O) groups is 1. The molecule has 0 atom stereocenters. The molecule has 0 aliphatic rings. The van der Waals surface area contributed by atoms with Crippen LogP contribution in [0.2, 0.25) is 0 Å². The minimum Gasteiger partial charge on any atom is -0.492 e. The maximum atomic E-state index is 13.3. The predicted molar refractivity (Wildman–Crippen MR) is 168 cm³/mol. The Labute approximate surface area is 246 Å². The van der Waals surface area contributed by atoms with Gasteiger partial charge in [-0.1, -0.05) is 52.0 Å². The predicted octanol–water partition coefficient (Wildman–Crippen LogP) is 6.57. The number of sulfonamides is 1. The number of methoxy groups -OCH3 is 1. The fourth-order valence-electron chi connectivity index (χ4n) is 4.23. The van der Waals surface area contributed by atoms with Crippen molar-refractivity contribution in [1.29, 1.82) is 0 Å². The maximum Gasteiger partial charge on any atom is 0.323 e. The summed E-state index contributed by atoms with van der Waals surface area (Å²) < 4.78 is 38.2. The first kappa shape index (κ1) is 30.4. The van der Waals surface area contributed by atoms with Crippen LogP contribution < -0.4 is 30.1 Å². The van der Waals surface area contributed by atoms with Crippen molar-refractivity contribution in [3.8, 4) is 17.4 Å². The molecule has 2 amide bonds. The Morgan fingerprint density at radius 1 is 0.952 bits per heavy atom. The number of fused-ring (bicyclic) bond motifs is 1. The highest BCUT2D eigenvalue weighted by molar-refractivity contribution is 7.92. The number of amides is 2. The Kier molecular flexibility index (Phi) is 9.05. The van der Waals surface area contributed by atoms with Crippen LogP contribution in [0.5, 0.6) is 17.4 Å². The number of hydrogen-bond acceptors (Lipinski definition) is 8. The van der Waals surface area contributed by atoms with E-state index in [-0.39, 0.29) is 16.9 Å². The minimum atomic E-state index is -3.61. The number of ether oxygens (including phenoxy) is 2. The lowest BCUT2D eigenvalue weighted by atomic mass is 9.86. The average molecular weight is 593 g/mol. The molecule has 0 radical (unpaired) electrons. The molecular weight excluding hydrogens is 556 g/mol. The van der Waals surface area contributed by atoms with Crippen molar-refractivity contribution in [3.05, 3.63) is 66.4 Å². The van der Waals surface area contributed by atoms with Gasteiger partial charge in [-0.2, -0.15) is 4.98 Å². The smallest absolute Gasteiger partial charge is 0.323 e. The van der Waals surface area contributed by atoms with Crippen molar-refractivity contribution >= 4 is 49.8 Å². The van der Waals surface area contributed by atoms with Crippen LogP contribution >= 0.6 is 0 Å². The Morgan fingerprint density at radius 3 is 2.31 bits per heavy atom. The molecule has 0 aliphatic carbocycles. The molecule has 4 N–H and O–H groups in total. The summed E-state index contributed by atoms with van der Waals surface area (Å²) in [5.41, 5.74) is 1.55. The number of anilines is 4. The van der Waals surface area contributed by atoms with Crippen LogP contribution in [0, 0.1) is 0 Å². The van der Waals surface area contributed by atoms with E-state index in [0.29, 0.717) is 29.0 Å². The Balaban J connectivity index is 1.63. The second-order valence-corrected chi connectivity index (χ2v) is 12.5. The monoisotopic (exact) mass is 592 g/mol. The third kappa shape index (κ3) is 7.58. The largest absolute Gasteiger partial charge is 0.492 e. The Morgan fingerprint density at radius 2 is 1.64 bits per heavy atom. The molecule has 1 heterocycles. The molecule has 0 aliphatic heterocycles. The van der Waals surface area contributed by atoms with Gasteiger partial charge in [0.05, 0.1) is 30.4 Å². The van der Waals surface area contributed by atoms with Gasteiger partial charge >= 0.3 is 6.03 Å². The highest BCUT2D eigenvalue weighted by Gasteiger charge is 2.22. The summed E-state index contributed by atoms with van der Waals surface area (Å²) >= 11 is 0. The van der Waals surface area contributed by atoms with Crippen LogP contribution in [0.4, 0.5) is 27.8 Å². The van der Waals surface area contributed by atoms with Crippen molar-refractivity contribution in [3.63, 3.8) is 0 Å². The summed E-state index contributed by atoms with van der Waals surface area (Å²) in [5.74, 6) is 1.62. The van der Waals surface area contributed by atoms with Crippen LogP contribution in [0.25, 0.3) is 10.8 Å². The maximum absolute atomic E-state index is 13.3. The van der Waals surface area contributed by atoms with Gasteiger partial charge in [-0.05, 0) is 41.7 Å². The highest BCUT2D eigenvalue weighted by atomic mass is 32.2. The number of nitrogens with zero attached hydrogens (tertiary/aromatic N) is 2. The summed E-state index contributed by atoms with van der Waals surface area (Å²) in [6.07, 6.45) is 3.62. The molecule has 222 valence electrons. The first-order valence-corrected chi connectivity index (χ1v) is 15.3.